The number of nitriles is 1. The fourth-order valence-corrected chi connectivity index (χ4v) is 3.31. The smallest absolute Gasteiger partial charge is 0.261 e. The van der Waals surface area contributed by atoms with Crippen molar-refractivity contribution in [2.24, 2.45) is 0 Å². The number of aryl methyl sites for hydroxylation is 1. The van der Waals surface area contributed by atoms with Crippen LogP contribution in [0.15, 0.2) is 78.4 Å². The molecule has 0 fully saturated rings. The fraction of sp³-hybridized carbons (Fsp3) is 0.185. The van der Waals surface area contributed by atoms with Crippen LogP contribution in [0.1, 0.15) is 23.1 Å². The summed E-state index contributed by atoms with van der Waals surface area (Å²) in [4.78, 5) is 12.4. The first kappa shape index (κ1) is 23.9. The molecule has 3 aromatic rings. The van der Waals surface area contributed by atoms with Crippen molar-refractivity contribution in [3.63, 3.8) is 0 Å². The van der Waals surface area contributed by atoms with Crippen LogP contribution in [0.4, 0.5) is 0 Å². The van der Waals surface area contributed by atoms with Gasteiger partial charge in [-0.3, -0.25) is 4.79 Å². The van der Waals surface area contributed by atoms with Crippen LogP contribution < -0.4 is 14.8 Å². The molecular formula is C27H25ClN2O3. The highest BCUT2D eigenvalue weighted by Gasteiger charge is 2.11. The third-order valence-electron chi connectivity index (χ3n) is 4.94. The summed E-state index contributed by atoms with van der Waals surface area (Å²) in [5.74, 6) is 0.680. The molecule has 1 amide bonds. The van der Waals surface area contributed by atoms with Crippen LogP contribution in [0, 0.1) is 11.3 Å². The second kappa shape index (κ2) is 12.3. The summed E-state index contributed by atoms with van der Waals surface area (Å²) in [5.41, 5.74) is 2.89. The quantitative estimate of drug-likeness (QED) is 0.243. The van der Waals surface area contributed by atoms with Crippen LogP contribution in [-0.4, -0.2) is 19.6 Å². The normalized spacial score (nSPS) is 10.9. The van der Waals surface area contributed by atoms with Gasteiger partial charge in [0.25, 0.3) is 5.91 Å². The van der Waals surface area contributed by atoms with Gasteiger partial charge in [0.1, 0.15) is 18.2 Å². The zero-order valence-electron chi connectivity index (χ0n) is 18.4. The van der Waals surface area contributed by atoms with Crippen LogP contribution >= 0.6 is 11.6 Å². The van der Waals surface area contributed by atoms with Gasteiger partial charge in [-0.25, -0.2) is 0 Å². The van der Waals surface area contributed by atoms with E-state index in [4.69, 9.17) is 21.1 Å². The van der Waals surface area contributed by atoms with Gasteiger partial charge in [0.05, 0.1) is 7.11 Å². The van der Waals surface area contributed by atoms with Gasteiger partial charge in [-0.1, -0.05) is 60.1 Å². The van der Waals surface area contributed by atoms with E-state index >= 15 is 0 Å². The number of methoxy groups -OCH3 is 1. The molecule has 0 spiro atoms. The summed E-state index contributed by atoms with van der Waals surface area (Å²) < 4.78 is 11.3. The van der Waals surface area contributed by atoms with Gasteiger partial charge in [-0.05, 0) is 59.9 Å². The molecule has 0 bridgehead atoms. The van der Waals surface area contributed by atoms with Crippen LogP contribution in [0.3, 0.4) is 0 Å². The first-order valence-corrected chi connectivity index (χ1v) is 11.0. The SMILES string of the molecule is COc1cc(/C=C(/C#N)C(=O)NCCCc2ccccc2)ccc1OCc1ccc(Cl)cc1. The van der Waals surface area contributed by atoms with E-state index in [1.54, 1.807) is 25.3 Å². The number of halogens is 1. The van der Waals surface area contributed by atoms with Crippen molar-refractivity contribution in [2.45, 2.75) is 19.4 Å². The van der Waals surface area contributed by atoms with E-state index in [9.17, 15) is 10.1 Å². The van der Waals surface area contributed by atoms with Crippen LogP contribution in [0.2, 0.25) is 5.02 Å². The maximum absolute atomic E-state index is 12.4. The van der Waals surface area contributed by atoms with Crippen molar-refractivity contribution in [3.05, 3.63) is 100 Å². The number of benzene rings is 3. The topological polar surface area (TPSA) is 71.3 Å². The molecular weight excluding hydrogens is 436 g/mol. The molecule has 0 atom stereocenters. The van der Waals surface area contributed by atoms with Crippen LogP contribution in [0.25, 0.3) is 6.08 Å². The molecule has 0 aliphatic carbocycles. The Morgan fingerprint density at radius 1 is 1.03 bits per heavy atom. The van der Waals surface area contributed by atoms with E-state index in [-0.39, 0.29) is 5.57 Å². The largest absolute Gasteiger partial charge is 0.493 e. The Kier molecular flexibility index (Phi) is 8.93. The molecule has 1 N–H and O–H groups in total. The molecule has 0 aliphatic heterocycles. The summed E-state index contributed by atoms with van der Waals surface area (Å²) >= 11 is 5.91. The van der Waals surface area contributed by atoms with E-state index in [1.807, 2.05) is 48.5 Å². The lowest BCUT2D eigenvalue weighted by atomic mass is 10.1. The Labute approximate surface area is 199 Å². The first-order chi connectivity index (χ1) is 16.1. The highest BCUT2D eigenvalue weighted by atomic mass is 35.5. The number of carbonyl (C=O) groups is 1. The molecule has 5 nitrogen and oxygen atoms in total. The van der Waals surface area contributed by atoms with Crippen LogP contribution in [-0.2, 0) is 17.8 Å². The number of hydrogen-bond donors (Lipinski definition) is 1. The molecule has 0 aliphatic rings. The summed E-state index contributed by atoms with van der Waals surface area (Å²) in [6.07, 6.45) is 3.20. The summed E-state index contributed by atoms with van der Waals surface area (Å²) in [6, 6.07) is 24.7. The van der Waals surface area contributed by atoms with Crippen molar-refractivity contribution < 1.29 is 14.3 Å². The third-order valence-corrected chi connectivity index (χ3v) is 5.19. The minimum atomic E-state index is -0.396. The zero-order valence-corrected chi connectivity index (χ0v) is 19.1. The third kappa shape index (κ3) is 7.41. The number of hydrogen-bond acceptors (Lipinski definition) is 4. The Bertz CT molecular complexity index is 1140. The molecule has 3 rings (SSSR count). The van der Waals surface area contributed by atoms with Crippen molar-refractivity contribution in [1.82, 2.24) is 5.32 Å². The Balaban J connectivity index is 1.59. The summed E-state index contributed by atoms with van der Waals surface area (Å²) in [7, 11) is 1.54. The van der Waals surface area contributed by atoms with Gasteiger partial charge < -0.3 is 14.8 Å². The van der Waals surface area contributed by atoms with Crippen molar-refractivity contribution in [3.8, 4) is 17.6 Å². The number of nitrogens with one attached hydrogen (secondary N) is 1. The van der Waals surface area contributed by atoms with E-state index in [0.717, 1.165) is 18.4 Å². The molecule has 0 heterocycles. The monoisotopic (exact) mass is 460 g/mol. The van der Waals surface area contributed by atoms with E-state index in [0.29, 0.717) is 35.2 Å². The van der Waals surface area contributed by atoms with Gasteiger partial charge in [0.15, 0.2) is 11.5 Å². The van der Waals surface area contributed by atoms with Gasteiger partial charge >= 0.3 is 0 Å². The van der Waals surface area contributed by atoms with Gasteiger partial charge in [0, 0.05) is 11.6 Å². The molecule has 33 heavy (non-hydrogen) atoms. The predicted octanol–water partition coefficient (Wildman–Crippen LogP) is 5.58. The molecule has 0 unspecified atom stereocenters. The lowest BCUT2D eigenvalue weighted by Crippen LogP contribution is -2.25. The van der Waals surface area contributed by atoms with Crippen LogP contribution in [0.5, 0.6) is 11.5 Å². The van der Waals surface area contributed by atoms with Gasteiger partial charge in [-0.2, -0.15) is 5.26 Å². The molecule has 6 heteroatoms. The number of carbonyl (C=O) groups excluding carboxylic acids is 1. The van der Waals surface area contributed by atoms with E-state index < -0.39 is 5.91 Å². The molecule has 0 saturated carbocycles. The minimum Gasteiger partial charge on any atom is -0.493 e. The maximum atomic E-state index is 12.4. The number of nitrogens with zero attached hydrogens (tertiary/aromatic N) is 1. The molecule has 3 aromatic carbocycles. The highest BCUT2D eigenvalue weighted by molar-refractivity contribution is 6.30. The Morgan fingerprint density at radius 3 is 2.48 bits per heavy atom. The number of rotatable bonds is 10. The molecule has 0 radical (unpaired) electrons. The molecule has 0 saturated heterocycles. The maximum Gasteiger partial charge on any atom is 0.261 e. The van der Waals surface area contributed by atoms with E-state index in [2.05, 4.69) is 17.4 Å². The average molecular weight is 461 g/mol. The van der Waals surface area contributed by atoms with E-state index in [1.165, 1.54) is 11.6 Å². The van der Waals surface area contributed by atoms with Crippen molar-refractivity contribution in [1.29, 1.82) is 5.26 Å². The first-order valence-electron chi connectivity index (χ1n) is 10.6. The average Bonchev–Trinajstić information content (AvgIpc) is 2.85. The number of ether oxygens (including phenoxy) is 2. The molecule has 168 valence electrons. The number of amides is 1. The standard InChI is InChI=1S/C27H25ClN2O3/c1-32-26-17-22(11-14-25(26)33-19-21-9-12-24(28)13-10-21)16-23(18-29)27(31)30-15-5-8-20-6-3-2-4-7-20/h2-4,6-7,9-14,16-17H,5,8,15,19H2,1H3,(H,30,31)/b23-16-. The Hall–Kier alpha value is -3.75. The lowest BCUT2D eigenvalue weighted by molar-refractivity contribution is -0.117. The molecule has 0 aromatic heterocycles. The Morgan fingerprint density at radius 2 is 1.79 bits per heavy atom. The minimum absolute atomic E-state index is 0.0339. The zero-order chi connectivity index (χ0) is 23.5. The fourth-order valence-electron chi connectivity index (χ4n) is 3.18. The predicted molar refractivity (Wildman–Crippen MR) is 130 cm³/mol. The summed E-state index contributed by atoms with van der Waals surface area (Å²) in [6.45, 7) is 0.852. The van der Waals surface area contributed by atoms with Gasteiger partial charge in [0.2, 0.25) is 0 Å². The van der Waals surface area contributed by atoms with Crippen molar-refractivity contribution >= 4 is 23.6 Å². The summed E-state index contributed by atoms with van der Waals surface area (Å²) in [5, 5.41) is 12.9. The second-order valence-corrected chi connectivity index (χ2v) is 7.78. The second-order valence-electron chi connectivity index (χ2n) is 7.34. The van der Waals surface area contributed by atoms with Gasteiger partial charge in [-0.15, -0.1) is 0 Å². The van der Waals surface area contributed by atoms with Crippen molar-refractivity contribution in [2.75, 3.05) is 13.7 Å². The highest BCUT2D eigenvalue weighted by Crippen LogP contribution is 2.29. The lowest BCUT2D eigenvalue weighted by Gasteiger charge is -2.12.